The minimum atomic E-state index is 0.811. The summed E-state index contributed by atoms with van der Waals surface area (Å²) in [5.74, 6) is 2.76. The average molecular weight is 189 g/mol. The van der Waals surface area contributed by atoms with Crippen molar-refractivity contribution in [3.8, 4) is 11.6 Å². The van der Waals surface area contributed by atoms with Gasteiger partial charge in [0.2, 0.25) is 0 Å². The number of fused-ring (bicyclic) bond motifs is 1. The van der Waals surface area contributed by atoms with E-state index in [1.165, 1.54) is 12.8 Å². The molecule has 2 aromatic rings. The predicted octanol–water partition coefficient (Wildman–Crippen LogP) is 1.87. The maximum atomic E-state index is 5.32. The zero-order valence-corrected chi connectivity index (χ0v) is 7.81. The lowest BCUT2D eigenvalue weighted by molar-refractivity contribution is 0.514. The van der Waals surface area contributed by atoms with E-state index in [1.807, 2.05) is 12.1 Å². The molecule has 1 aliphatic rings. The standard InChI is InChI=1S/C10H11N3O/c1-2-6-13-9(5-1)11-12-10(13)8-4-3-7-14-8/h3-4,7H,1-2,5-6H2. The Morgan fingerprint density at radius 3 is 3.14 bits per heavy atom. The van der Waals surface area contributed by atoms with Crippen molar-refractivity contribution in [2.45, 2.75) is 25.8 Å². The lowest BCUT2D eigenvalue weighted by Gasteiger charge is -2.13. The van der Waals surface area contributed by atoms with E-state index in [1.54, 1.807) is 6.26 Å². The molecule has 0 fully saturated rings. The normalized spacial score (nSPS) is 15.4. The van der Waals surface area contributed by atoms with Crippen LogP contribution in [-0.4, -0.2) is 14.8 Å². The molecule has 0 bridgehead atoms. The second kappa shape index (κ2) is 2.97. The molecule has 0 saturated carbocycles. The molecule has 1 aliphatic heterocycles. The van der Waals surface area contributed by atoms with Crippen molar-refractivity contribution >= 4 is 0 Å². The van der Waals surface area contributed by atoms with Gasteiger partial charge in [-0.25, -0.2) is 0 Å². The Hall–Kier alpha value is -1.58. The Morgan fingerprint density at radius 2 is 2.29 bits per heavy atom. The Labute approximate surface area is 81.6 Å². The SMILES string of the molecule is c1coc(-c2nnc3n2CCCC3)c1. The summed E-state index contributed by atoms with van der Waals surface area (Å²) in [6, 6.07) is 3.80. The van der Waals surface area contributed by atoms with Gasteiger partial charge >= 0.3 is 0 Å². The highest BCUT2D eigenvalue weighted by atomic mass is 16.3. The number of hydrogen-bond acceptors (Lipinski definition) is 3. The molecule has 72 valence electrons. The van der Waals surface area contributed by atoms with Crippen molar-refractivity contribution in [3.63, 3.8) is 0 Å². The summed E-state index contributed by atoms with van der Waals surface area (Å²) in [7, 11) is 0. The third-order valence-corrected chi connectivity index (χ3v) is 2.60. The number of aromatic nitrogens is 3. The molecule has 4 heteroatoms. The fraction of sp³-hybridized carbons (Fsp3) is 0.400. The van der Waals surface area contributed by atoms with Crippen molar-refractivity contribution < 1.29 is 4.42 Å². The van der Waals surface area contributed by atoms with Gasteiger partial charge in [0.1, 0.15) is 5.82 Å². The number of aryl methyl sites for hydroxylation is 1. The van der Waals surface area contributed by atoms with Crippen molar-refractivity contribution in [3.05, 3.63) is 24.2 Å². The largest absolute Gasteiger partial charge is 0.461 e. The van der Waals surface area contributed by atoms with Crippen LogP contribution in [0.25, 0.3) is 11.6 Å². The van der Waals surface area contributed by atoms with E-state index in [9.17, 15) is 0 Å². The van der Waals surface area contributed by atoms with Gasteiger partial charge in [-0.2, -0.15) is 0 Å². The fourth-order valence-corrected chi connectivity index (χ4v) is 1.90. The van der Waals surface area contributed by atoms with Crippen LogP contribution in [0.15, 0.2) is 22.8 Å². The molecule has 4 nitrogen and oxygen atoms in total. The second-order valence-corrected chi connectivity index (χ2v) is 3.53. The molecule has 0 saturated heterocycles. The molecule has 0 aliphatic carbocycles. The molecular formula is C10H11N3O. The van der Waals surface area contributed by atoms with E-state index >= 15 is 0 Å². The summed E-state index contributed by atoms with van der Waals surface area (Å²) in [5.41, 5.74) is 0. The van der Waals surface area contributed by atoms with Crippen LogP contribution in [0, 0.1) is 0 Å². The van der Waals surface area contributed by atoms with Crippen LogP contribution in [0.4, 0.5) is 0 Å². The van der Waals surface area contributed by atoms with Gasteiger partial charge in [0, 0.05) is 13.0 Å². The number of hydrogen-bond donors (Lipinski definition) is 0. The topological polar surface area (TPSA) is 43.9 Å². The van der Waals surface area contributed by atoms with Gasteiger partial charge < -0.3 is 8.98 Å². The first-order chi connectivity index (χ1) is 6.95. The number of nitrogens with zero attached hydrogens (tertiary/aromatic N) is 3. The molecule has 0 unspecified atom stereocenters. The van der Waals surface area contributed by atoms with Gasteiger partial charge in [0.05, 0.1) is 6.26 Å². The molecule has 0 aromatic carbocycles. The molecule has 0 amide bonds. The molecule has 2 aromatic heterocycles. The lowest BCUT2D eigenvalue weighted by atomic mass is 10.1. The van der Waals surface area contributed by atoms with E-state index in [0.29, 0.717) is 0 Å². The molecule has 3 heterocycles. The zero-order chi connectivity index (χ0) is 9.38. The van der Waals surface area contributed by atoms with Gasteiger partial charge in [0.25, 0.3) is 0 Å². The third-order valence-electron chi connectivity index (χ3n) is 2.60. The number of rotatable bonds is 1. The Balaban J connectivity index is 2.11. The first kappa shape index (κ1) is 7.79. The highest BCUT2D eigenvalue weighted by molar-refractivity contribution is 5.46. The zero-order valence-electron chi connectivity index (χ0n) is 7.81. The minimum Gasteiger partial charge on any atom is -0.461 e. The summed E-state index contributed by atoms with van der Waals surface area (Å²) in [6.07, 6.45) is 5.13. The average Bonchev–Trinajstić information content (AvgIpc) is 2.85. The van der Waals surface area contributed by atoms with Crippen LogP contribution in [-0.2, 0) is 13.0 Å². The molecule has 0 spiro atoms. The summed E-state index contributed by atoms with van der Waals surface area (Å²) in [5, 5.41) is 8.33. The summed E-state index contributed by atoms with van der Waals surface area (Å²) < 4.78 is 7.48. The van der Waals surface area contributed by atoms with Gasteiger partial charge in [-0.05, 0) is 25.0 Å². The molecule has 14 heavy (non-hydrogen) atoms. The van der Waals surface area contributed by atoms with Crippen LogP contribution >= 0.6 is 0 Å². The predicted molar refractivity (Wildman–Crippen MR) is 50.7 cm³/mol. The quantitative estimate of drug-likeness (QED) is 0.687. The molecule has 0 radical (unpaired) electrons. The van der Waals surface area contributed by atoms with Crippen LogP contribution in [0.5, 0.6) is 0 Å². The van der Waals surface area contributed by atoms with E-state index in [4.69, 9.17) is 4.42 Å². The van der Waals surface area contributed by atoms with E-state index < -0.39 is 0 Å². The highest BCUT2D eigenvalue weighted by Crippen LogP contribution is 2.22. The van der Waals surface area contributed by atoms with Crippen molar-refractivity contribution in [2.24, 2.45) is 0 Å². The third kappa shape index (κ3) is 1.07. The monoisotopic (exact) mass is 189 g/mol. The van der Waals surface area contributed by atoms with Gasteiger partial charge in [-0.1, -0.05) is 0 Å². The van der Waals surface area contributed by atoms with Crippen molar-refractivity contribution in [1.82, 2.24) is 14.8 Å². The van der Waals surface area contributed by atoms with Crippen LogP contribution < -0.4 is 0 Å². The van der Waals surface area contributed by atoms with Gasteiger partial charge in [0.15, 0.2) is 11.6 Å². The number of furan rings is 1. The lowest BCUT2D eigenvalue weighted by Crippen LogP contribution is -2.11. The van der Waals surface area contributed by atoms with Gasteiger partial charge in [-0.15, -0.1) is 10.2 Å². The minimum absolute atomic E-state index is 0.811. The maximum absolute atomic E-state index is 5.32. The Morgan fingerprint density at radius 1 is 1.29 bits per heavy atom. The van der Waals surface area contributed by atoms with E-state index in [2.05, 4.69) is 14.8 Å². The molecule has 3 rings (SSSR count). The second-order valence-electron chi connectivity index (χ2n) is 3.53. The first-order valence-electron chi connectivity index (χ1n) is 4.91. The highest BCUT2D eigenvalue weighted by Gasteiger charge is 2.17. The van der Waals surface area contributed by atoms with Crippen molar-refractivity contribution in [1.29, 1.82) is 0 Å². The van der Waals surface area contributed by atoms with Crippen molar-refractivity contribution in [2.75, 3.05) is 0 Å². The first-order valence-corrected chi connectivity index (χ1v) is 4.91. The molecule has 0 N–H and O–H groups in total. The summed E-state index contributed by atoms with van der Waals surface area (Å²) in [4.78, 5) is 0. The smallest absolute Gasteiger partial charge is 0.199 e. The maximum Gasteiger partial charge on any atom is 0.199 e. The Bertz CT molecular complexity index is 430. The van der Waals surface area contributed by atoms with E-state index in [0.717, 1.165) is 30.4 Å². The van der Waals surface area contributed by atoms with Crippen LogP contribution in [0.2, 0.25) is 0 Å². The van der Waals surface area contributed by atoms with Gasteiger partial charge in [-0.3, -0.25) is 0 Å². The summed E-state index contributed by atoms with van der Waals surface area (Å²) >= 11 is 0. The fourth-order valence-electron chi connectivity index (χ4n) is 1.90. The molecular weight excluding hydrogens is 178 g/mol. The van der Waals surface area contributed by atoms with Crippen LogP contribution in [0.1, 0.15) is 18.7 Å². The summed E-state index contributed by atoms with van der Waals surface area (Å²) in [6.45, 7) is 1.01. The van der Waals surface area contributed by atoms with Crippen LogP contribution in [0.3, 0.4) is 0 Å². The Kier molecular flexibility index (Phi) is 1.65. The molecule has 0 atom stereocenters. The van der Waals surface area contributed by atoms with E-state index in [-0.39, 0.29) is 0 Å².